The second kappa shape index (κ2) is 14.4. The number of para-hydroxylation sites is 6. The molecule has 56 heavy (non-hydrogen) atoms. The minimum Gasteiger partial charge on any atom is -0.333 e. The van der Waals surface area contributed by atoms with Crippen LogP contribution >= 0.6 is 0 Å². The number of fused-ring (bicyclic) bond motifs is 2. The van der Waals surface area contributed by atoms with Gasteiger partial charge in [0.2, 0.25) is 0 Å². The Kier molecular flexibility index (Phi) is 9.10. The zero-order chi connectivity index (χ0) is 38.3. The molecule has 6 aromatic rings. The molecule has 0 amide bonds. The van der Waals surface area contributed by atoms with E-state index >= 15 is 0 Å². The van der Waals surface area contributed by atoms with Crippen LogP contribution in [0.1, 0.15) is 51.7 Å². The summed E-state index contributed by atoms with van der Waals surface area (Å²) in [5, 5.41) is 0. The van der Waals surface area contributed by atoms with Crippen molar-refractivity contribution in [1.82, 2.24) is 0 Å². The molecule has 3 heteroatoms. The number of hydrogen-bond acceptors (Lipinski definition) is 3. The molecule has 0 fully saturated rings. The minimum absolute atomic E-state index is 0.103. The number of hydrogen-bond donors (Lipinski definition) is 0. The van der Waals surface area contributed by atoms with Crippen molar-refractivity contribution in [1.29, 1.82) is 0 Å². The first-order valence-corrected chi connectivity index (χ1v) is 20.0. The molecule has 0 saturated carbocycles. The molecule has 0 spiro atoms. The summed E-state index contributed by atoms with van der Waals surface area (Å²) < 4.78 is 0. The lowest BCUT2D eigenvalue weighted by molar-refractivity contribution is 0.495. The summed E-state index contributed by atoms with van der Waals surface area (Å²) in [6, 6.07) is 61.3. The summed E-state index contributed by atoms with van der Waals surface area (Å²) in [4.78, 5) is 7.46. The highest BCUT2D eigenvalue weighted by Gasteiger charge is 2.44. The molecule has 1 unspecified atom stereocenters. The Balaban J connectivity index is 1.21. The maximum atomic E-state index is 2.53. The number of nitrogens with zero attached hydrogens (tertiary/aromatic N) is 3. The van der Waals surface area contributed by atoms with Gasteiger partial charge in [0.25, 0.3) is 0 Å². The number of anilines is 6. The molecule has 0 N–H and O–H groups in total. The lowest BCUT2D eigenvalue weighted by Crippen LogP contribution is -2.37. The van der Waals surface area contributed by atoms with Gasteiger partial charge in [-0.25, -0.2) is 0 Å². The number of rotatable bonds is 8. The summed E-state index contributed by atoms with van der Waals surface area (Å²) in [6.07, 6.45) is 11.6. The third-order valence-corrected chi connectivity index (χ3v) is 12.1. The summed E-state index contributed by atoms with van der Waals surface area (Å²) in [7, 11) is 0. The molecule has 1 atom stereocenters. The molecule has 0 saturated heterocycles. The first-order chi connectivity index (χ1) is 27.3. The first-order valence-electron chi connectivity index (χ1n) is 20.0. The van der Waals surface area contributed by atoms with E-state index in [4.69, 9.17) is 0 Å². The van der Waals surface area contributed by atoms with E-state index in [9.17, 15) is 0 Å². The van der Waals surface area contributed by atoms with Crippen LogP contribution in [0.4, 0.5) is 34.1 Å². The van der Waals surface area contributed by atoms with E-state index in [2.05, 4.69) is 237 Å². The summed E-state index contributed by atoms with van der Waals surface area (Å²) >= 11 is 0. The lowest BCUT2D eigenvalue weighted by atomic mass is 9.80. The van der Waals surface area contributed by atoms with Crippen LogP contribution < -0.4 is 14.7 Å². The molecule has 2 aliphatic heterocycles. The van der Waals surface area contributed by atoms with Crippen molar-refractivity contribution in [3.05, 3.63) is 228 Å². The van der Waals surface area contributed by atoms with Gasteiger partial charge in [0.1, 0.15) is 0 Å². The van der Waals surface area contributed by atoms with Crippen molar-refractivity contribution in [3.63, 3.8) is 0 Å². The van der Waals surface area contributed by atoms with Crippen LogP contribution in [-0.2, 0) is 10.8 Å². The molecule has 3 nitrogen and oxygen atoms in total. The molecule has 3 aliphatic rings. The monoisotopic (exact) mass is 727 g/mol. The Morgan fingerprint density at radius 2 is 1.05 bits per heavy atom. The third kappa shape index (κ3) is 6.08. The van der Waals surface area contributed by atoms with Crippen LogP contribution in [0.25, 0.3) is 0 Å². The van der Waals surface area contributed by atoms with Gasteiger partial charge in [0.05, 0.1) is 11.7 Å². The molecule has 0 bridgehead atoms. The van der Waals surface area contributed by atoms with Crippen molar-refractivity contribution < 1.29 is 0 Å². The zero-order valence-electron chi connectivity index (χ0n) is 32.8. The molecular formula is C53H49N3. The van der Waals surface area contributed by atoms with E-state index in [0.29, 0.717) is 0 Å². The maximum Gasteiger partial charge on any atom is 0.0617 e. The minimum atomic E-state index is -0.183. The Morgan fingerprint density at radius 3 is 1.68 bits per heavy atom. The van der Waals surface area contributed by atoms with Crippen LogP contribution in [0.2, 0.25) is 0 Å². The van der Waals surface area contributed by atoms with Gasteiger partial charge in [-0.05, 0) is 102 Å². The van der Waals surface area contributed by atoms with Crippen LogP contribution in [0.5, 0.6) is 0 Å². The van der Waals surface area contributed by atoms with Crippen LogP contribution in [0, 0.1) is 0 Å². The summed E-state index contributed by atoms with van der Waals surface area (Å²) in [6.45, 7) is 9.51. The van der Waals surface area contributed by atoms with Crippen molar-refractivity contribution in [3.8, 4) is 0 Å². The average Bonchev–Trinajstić information content (AvgIpc) is 3.82. The Labute approximate surface area is 332 Å². The standard InChI is InChI=1S/C53H49N3/c1-52(2)45-29-17-19-31-47(45)55(43-25-13-7-14-26-43)49(52)37-35-39-33-34-40(51(39)54(41-21-9-5-10-22-41)42-23-11-6-12-24-42)36-38-50-53(3,4)46-30-18-20-32-48(46)56(50)44-27-15-8-16-28-44/h5-32,35-38,49H,33-34H2,1-4H3. The van der Waals surface area contributed by atoms with Crippen molar-refractivity contribution >= 4 is 34.1 Å². The molecule has 0 aromatic heterocycles. The van der Waals surface area contributed by atoms with Gasteiger partial charge in [0, 0.05) is 50.7 Å². The summed E-state index contributed by atoms with van der Waals surface area (Å²) in [5.74, 6) is 0. The van der Waals surface area contributed by atoms with E-state index in [0.717, 1.165) is 24.2 Å². The molecule has 276 valence electrons. The normalized spacial score (nSPS) is 19.6. The Hall–Kier alpha value is -6.32. The Morgan fingerprint density at radius 1 is 0.536 bits per heavy atom. The third-order valence-electron chi connectivity index (χ3n) is 12.1. The van der Waals surface area contributed by atoms with Gasteiger partial charge in [0.15, 0.2) is 0 Å². The fraction of sp³-hybridized carbons (Fsp3) is 0.170. The van der Waals surface area contributed by atoms with Gasteiger partial charge < -0.3 is 14.7 Å². The topological polar surface area (TPSA) is 9.72 Å². The lowest BCUT2D eigenvalue weighted by Gasteiger charge is -2.33. The fourth-order valence-corrected chi connectivity index (χ4v) is 9.23. The van der Waals surface area contributed by atoms with Gasteiger partial charge in [-0.2, -0.15) is 0 Å². The van der Waals surface area contributed by atoms with E-state index < -0.39 is 0 Å². The fourth-order valence-electron chi connectivity index (χ4n) is 9.23. The van der Waals surface area contributed by atoms with E-state index in [-0.39, 0.29) is 16.9 Å². The smallest absolute Gasteiger partial charge is 0.0617 e. The maximum absolute atomic E-state index is 2.53. The van der Waals surface area contributed by atoms with Gasteiger partial charge in [-0.15, -0.1) is 0 Å². The Bertz CT molecular complexity index is 2430. The van der Waals surface area contributed by atoms with Gasteiger partial charge in [-0.3, -0.25) is 0 Å². The van der Waals surface area contributed by atoms with E-state index in [1.54, 1.807) is 0 Å². The van der Waals surface area contributed by atoms with Crippen molar-refractivity contribution in [2.24, 2.45) is 0 Å². The second-order valence-electron chi connectivity index (χ2n) is 16.2. The molecule has 2 heterocycles. The number of allylic oxidation sites excluding steroid dienone is 6. The predicted octanol–water partition coefficient (Wildman–Crippen LogP) is 13.9. The SMILES string of the molecule is CC1(C)C(=CC=C2CCC(C=CC3N(c4ccccc4)c4ccccc4C3(C)C)=C2N(c2ccccc2)c2ccccc2)N(c2ccccc2)c2ccccc21. The van der Waals surface area contributed by atoms with Crippen LogP contribution in [0.3, 0.4) is 0 Å². The molecule has 6 aromatic carbocycles. The van der Waals surface area contributed by atoms with E-state index in [1.165, 1.54) is 56.4 Å². The second-order valence-corrected chi connectivity index (χ2v) is 16.2. The average molecular weight is 728 g/mol. The highest BCUT2D eigenvalue weighted by molar-refractivity contribution is 5.81. The summed E-state index contributed by atoms with van der Waals surface area (Å²) in [5.41, 5.74) is 14.9. The molecule has 0 radical (unpaired) electrons. The quantitative estimate of drug-likeness (QED) is 0.155. The predicted molar refractivity (Wildman–Crippen MR) is 236 cm³/mol. The highest BCUT2D eigenvalue weighted by atomic mass is 15.2. The largest absolute Gasteiger partial charge is 0.333 e. The van der Waals surface area contributed by atoms with Crippen molar-refractivity contribution in [2.45, 2.75) is 57.4 Å². The zero-order valence-corrected chi connectivity index (χ0v) is 32.8. The molecule has 1 aliphatic carbocycles. The molecular weight excluding hydrogens is 679 g/mol. The van der Waals surface area contributed by atoms with Gasteiger partial charge in [-0.1, -0.05) is 155 Å². The first kappa shape index (κ1) is 35.4. The van der Waals surface area contributed by atoms with Gasteiger partial charge >= 0.3 is 0 Å². The van der Waals surface area contributed by atoms with Crippen LogP contribution in [0.15, 0.2) is 217 Å². The van der Waals surface area contributed by atoms with Crippen molar-refractivity contribution in [2.75, 3.05) is 14.7 Å². The molecule has 9 rings (SSSR count). The number of benzene rings is 6. The van der Waals surface area contributed by atoms with Crippen LogP contribution in [-0.4, -0.2) is 6.04 Å². The highest BCUT2D eigenvalue weighted by Crippen LogP contribution is 2.52. The van der Waals surface area contributed by atoms with E-state index in [1.807, 2.05) is 0 Å².